The molecule has 0 aliphatic heterocycles. The molecule has 0 atom stereocenters. The molecule has 6 nitrogen and oxygen atoms in total. The van der Waals surface area contributed by atoms with Gasteiger partial charge < -0.3 is 9.64 Å². The van der Waals surface area contributed by atoms with Crippen LogP contribution in [0.3, 0.4) is 0 Å². The number of hydrogen-bond acceptors (Lipinski definition) is 4. The first-order chi connectivity index (χ1) is 7.50. The summed E-state index contributed by atoms with van der Waals surface area (Å²) in [6.45, 7) is -0.131. The third kappa shape index (κ3) is 3.23. The van der Waals surface area contributed by atoms with Gasteiger partial charge in [-0.3, -0.25) is 14.9 Å². The lowest BCUT2D eigenvalue weighted by molar-refractivity contribution is -0.384. The van der Waals surface area contributed by atoms with Crippen molar-refractivity contribution >= 4 is 11.6 Å². The average Bonchev–Trinajstić information content (AvgIpc) is 2.26. The predicted molar refractivity (Wildman–Crippen MR) is 57.3 cm³/mol. The molecule has 86 valence electrons. The monoisotopic (exact) mass is 224 g/mol. The van der Waals surface area contributed by atoms with Gasteiger partial charge in [0, 0.05) is 20.2 Å². The molecule has 0 radical (unpaired) electrons. The zero-order valence-corrected chi connectivity index (χ0v) is 9.04. The molecule has 0 fully saturated rings. The van der Waals surface area contributed by atoms with Crippen molar-refractivity contribution in [3.8, 4) is 5.75 Å². The number of likely N-dealkylation sites (N-methyl/N-ethyl adjacent to an activating group) is 1. The topological polar surface area (TPSA) is 72.7 Å². The van der Waals surface area contributed by atoms with Gasteiger partial charge in [0.1, 0.15) is 5.75 Å². The average molecular weight is 224 g/mol. The van der Waals surface area contributed by atoms with Crippen molar-refractivity contribution in [2.24, 2.45) is 0 Å². The fourth-order valence-electron chi connectivity index (χ4n) is 0.961. The van der Waals surface area contributed by atoms with E-state index >= 15 is 0 Å². The molecule has 1 aromatic rings. The Balaban J connectivity index is 2.64. The van der Waals surface area contributed by atoms with Gasteiger partial charge >= 0.3 is 0 Å². The van der Waals surface area contributed by atoms with E-state index in [2.05, 4.69) is 0 Å². The van der Waals surface area contributed by atoms with Crippen LogP contribution in [0.2, 0.25) is 0 Å². The minimum Gasteiger partial charge on any atom is -0.484 e. The summed E-state index contributed by atoms with van der Waals surface area (Å²) in [6.07, 6.45) is 0. The van der Waals surface area contributed by atoms with Gasteiger partial charge in [0.05, 0.1) is 11.0 Å². The fourth-order valence-corrected chi connectivity index (χ4v) is 0.961. The van der Waals surface area contributed by atoms with Gasteiger partial charge in [-0.2, -0.15) is 0 Å². The van der Waals surface area contributed by atoms with E-state index in [1.165, 1.54) is 23.1 Å². The van der Waals surface area contributed by atoms with Crippen LogP contribution < -0.4 is 4.74 Å². The van der Waals surface area contributed by atoms with Crippen LogP contribution in [0.1, 0.15) is 0 Å². The van der Waals surface area contributed by atoms with Crippen molar-refractivity contribution in [2.45, 2.75) is 0 Å². The molecule has 0 aliphatic rings. The number of nitro benzene ring substituents is 1. The Bertz CT molecular complexity index is 404. The first-order valence-corrected chi connectivity index (χ1v) is 4.58. The van der Waals surface area contributed by atoms with Crippen LogP contribution in [0.5, 0.6) is 5.75 Å². The lowest BCUT2D eigenvalue weighted by Crippen LogP contribution is -2.27. The molecule has 1 rings (SSSR count). The third-order valence-electron chi connectivity index (χ3n) is 1.89. The zero-order valence-electron chi connectivity index (χ0n) is 9.04. The van der Waals surface area contributed by atoms with E-state index in [9.17, 15) is 14.9 Å². The van der Waals surface area contributed by atoms with Crippen molar-refractivity contribution in [3.63, 3.8) is 0 Å². The second-order valence-electron chi connectivity index (χ2n) is 3.33. The van der Waals surface area contributed by atoms with Crippen molar-refractivity contribution in [1.29, 1.82) is 0 Å². The molecule has 6 heteroatoms. The van der Waals surface area contributed by atoms with Crippen LogP contribution >= 0.6 is 0 Å². The molecule has 1 aromatic carbocycles. The maximum atomic E-state index is 11.2. The van der Waals surface area contributed by atoms with Gasteiger partial charge in [0.15, 0.2) is 6.61 Å². The molecule has 0 saturated carbocycles. The summed E-state index contributed by atoms with van der Waals surface area (Å²) in [4.78, 5) is 22.5. The maximum absolute atomic E-state index is 11.2. The van der Waals surface area contributed by atoms with Crippen molar-refractivity contribution in [2.75, 3.05) is 20.7 Å². The Kier molecular flexibility index (Phi) is 3.82. The number of nitro groups is 1. The molecular formula is C10H12N2O4. The highest BCUT2D eigenvalue weighted by Crippen LogP contribution is 2.18. The standard InChI is InChI=1S/C10H12N2O4/c1-11(2)10(13)7-16-9-5-3-4-8(6-9)12(14)15/h3-6H,7H2,1-2H3. The number of rotatable bonds is 4. The van der Waals surface area contributed by atoms with E-state index in [0.29, 0.717) is 5.75 Å². The SMILES string of the molecule is CN(C)C(=O)COc1cccc([N+](=O)[O-])c1. The molecule has 0 saturated heterocycles. The molecule has 0 heterocycles. The number of carbonyl (C=O) groups is 1. The van der Waals surface area contributed by atoms with Gasteiger partial charge in [0.25, 0.3) is 11.6 Å². The second kappa shape index (κ2) is 5.11. The van der Waals surface area contributed by atoms with E-state index in [0.717, 1.165) is 0 Å². The summed E-state index contributed by atoms with van der Waals surface area (Å²) in [5, 5.41) is 10.5. The maximum Gasteiger partial charge on any atom is 0.273 e. The Hall–Kier alpha value is -2.11. The lowest BCUT2D eigenvalue weighted by Gasteiger charge is -2.10. The van der Waals surface area contributed by atoms with E-state index in [1.54, 1.807) is 20.2 Å². The third-order valence-corrected chi connectivity index (χ3v) is 1.89. The smallest absolute Gasteiger partial charge is 0.273 e. The number of amides is 1. The molecule has 16 heavy (non-hydrogen) atoms. The van der Waals surface area contributed by atoms with Crippen LogP contribution in [-0.4, -0.2) is 36.4 Å². The highest BCUT2D eigenvalue weighted by molar-refractivity contribution is 5.77. The number of non-ortho nitro benzene ring substituents is 1. The quantitative estimate of drug-likeness (QED) is 0.566. The van der Waals surface area contributed by atoms with Gasteiger partial charge in [-0.25, -0.2) is 0 Å². The number of ether oxygens (including phenoxy) is 1. The molecule has 0 bridgehead atoms. The van der Waals surface area contributed by atoms with Gasteiger partial charge in [-0.05, 0) is 6.07 Å². The Morgan fingerprint density at radius 1 is 1.50 bits per heavy atom. The van der Waals surface area contributed by atoms with Crippen molar-refractivity contribution in [1.82, 2.24) is 4.90 Å². The first-order valence-electron chi connectivity index (χ1n) is 4.58. The number of benzene rings is 1. The first kappa shape index (κ1) is 12.0. The molecular weight excluding hydrogens is 212 g/mol. The van der Waals surface area contributed by atoms with Gasteiger partial charge in [0.2, 0.25) is 0 Å². The van der Waals surface area contributed by atoms with Gasteiger partial charge in [-0.15, -0.1) is 0 Å². The summed E-state index contributed by atoms with van der Waals surface area (Å²) < 4.78 is 5.12. The Morgan fingerprint density at radius 2 is 2.19 bits per heavy atom. The zero-order chi connectivity index (χ0) is 12.1. The fraction of sp³-hybridized carbons (Fsp3) is 0.300. The number of hydrogen-bond donors (Lipinski definition) is 0. The number of carbonyl (C=O) groups excluding carboxylic acids is 1. The van der Waals surface area contributed by atoms with Crippen LogP contribution in [0.4, 0.5) is 5.69 Å². The highest BCUT2D eigenvalue weighted by Gasteiger charge is 2.08. The van der Waals surface area contributed by atoms with Gasteiger partial charge in [-0.1, -0.05) is 6.07 Å². The highest BCUT2D eigenvalue weighted by atomic mass is 16.6. The van der Waals surface area contributed by atoms with Crippen LogP contribution in [0.15, 0.2) is 24.3 Å². The van der Waals surface area contributed by atoms with E-state index in [1.807, 2.05) is 0 Å². The van der Waals surface area contributed by atoms with Crippen LogP contribution in [-0.2, 0) is 4.79 Å². The summed E-state index contributed by atoms with van der Waals surface area (Å²) in [5.41, 5.74) is -0.0604. The Labute approximate surface area is 92.6 Å². The van der Waals surface area contributed by atoms with Crippen molar-refractivity contribution in [3.05, 3.63) is 34.4 Å². The molecule has 0 unspecified atom stereocenters. The van der Waals surface area contributed by atoms with E-state index in [4.69, 9.17) is 4.74 Å². The van der Waals surface area contributed by atoms with Crippen LogP contribution in [0, 0.1) is 10.1 Å². The largest absolute Gasteiger partial charge is 0.484 e. The number of nitrogens with zero attached hydrogens (tertiary/aromatic N) is 2. The molecule has 0 aromatic heterocycles. The molecule has 0 N–H and O–H groups in total. The minimum atomic E-state index is -0.513. The predicted octanol–water partition coefficient (Wildman–Crippen LogP) is 1.06. The normalized spacial score (nSPS) is 9.62. The van der Waals surface area contributed by atoms with E-state index in [-0.39, 0.29) is 18.2 Å². The molecule has 1 amide bonds. The summed E-state index contributed by atoms with van der Waals surface area (Å²) in [6, 6.07) is 5.72. The Morgan fingerprint density at radius 3 is 2.75 bits per heavy atom. The second-order valence-corrected chi connectivity index (χ2v) is 3.33. The summed E-state index contributed by atoms with van der Waals surface area (Å²) >= 11 is 0. The van der Waals surface area contributed by atoms with Crippen molar-refractivity contribution < 1.29 is 14.5 Å². The molecule has 0 spiro atoms. The minimum absolute atomic E-state index is 0.0604. The summed E-state index contributed by atoms with van der Waals surface area (Å²) in [7, 11) is 3.22. The van der Waals surface area contributed by atoms with E-state index < -0.39 is 4.92 Å². The molecule has 0 aliphatic carbocycles. The summed E-state index contributed by atoms with van der Waals surface area (Å²) in [5.74, 6) is 0.107. The lowest BCUT2D eigenvalue weighted by atomic mass is 10.3. The van der Waals surface area contributed by atoms with Crippen LogP contribution in [0.25, 0.3) is 0 Å².